The number of aliphatic hydroxyl groups is 1. The van der Waals surface area contributed by atoms with Crippen LogP contribution in [0.5, 0.6) is 0 Å². The molecule has 1 fully saturated rings. The van der Waals surface area contributed by atoms with Crippen LogP contribution in [0.15, 0.2) is 18.3 Å². The Morgan fingerprint density at radius 3 is 2.77 bits per heavy atom. The molecule has 2 aromatic heterocycles. The predicted molar refractivity (Wildman–Crippen MR) is 98.9 cm³/mol. The number of carbonyl (C=O) groups is 1. The highest BCUT2D eigenvalue weighted by Gasteiger charge is 2.44. The van der Waals surface area contributed by atoms with Crippen LogP contribution in [0.2, 0.25) is 0 Å². The number of nitrogens with one attached hydrogen (secondary N) is 2. The first kappa shape index (κ1) is 18.6. The van der Waals surface area contributed by atoms with Gasteiger partial charge in [-0.15, -0.1) is 5.10 Å². The molecule has 0 spiro atoms. The molecule has 1 aliphatic carbocycles. The zero-order valence-electron chi connectivity index (χ0n) is 16.0. The van der Waals surface area contributed by atoms with Crippen molar-refractivity contribution in [1.29, 1.82) is 0 Å². The van der Waals surface area contributed by atoms with Crippen molar-refractivity contribution in [2.45, 2.75) is 77.0 Å². The highest BCUT2D eigenvalue weighted by Crippen LogP contribution is 2.34. The number of hydrogen-bond donors (Lipinski definition) is 3. The molecule has 2 aromatic rings. The van der Waals surface area contributed by atoms with Crippen LogP contribution in [0.3, 0.4) is 0 Å². The van der Waals surface area contributed by atoms with Crippen LogP contribution in [0, 0.1) is 0 Å². The van der Waals surface area contributed by atoms with Gasteiger partial charge in [0.2, 0.25) is 0 Å². The number of rotatable bonds is 7. The lowest BCUT2D eigenvalue weighted by Gasteiger charge is -2.43. The van der Waals surface area contributed by atoms with Crippen molar-refractivity contribution >= 4 is 5.91 Å². The summed E-state index contributed by atoms with van der Waals surface area (Å²) < 4.78 is 1.71. The molecule has 7 nitrogen and oxygen atoms in total. The van der Waals surface area contributed by atoms with E-state index in [1.54, 1.807) is 10.7 Å². The monoisotopic (exact) mass is 359 g/mol. The van der Waals surface area contributed by atoms with E-state index < -0.39 is 5.60 Å². The van der Waals surface area contributed by atoms with E-state index in [1.165, 1.54) is 0 Å². The summed E-state index contributed by atoms with van der Waals surface area (Å²) in [6, 6.07) is 3.70. The summed E-state index contributed by atoms with van der Waals surface area (Å²) >= 11 is 0. The van der Waals surface area contributed by atoms with Crippen LogP contribution in [0.4, 0.5) is 0 Å². The molecule has 2 heterocycles. The van der Waals surface area contributed by atoms with E-state index in [0.717, 1.165) is 24.2 Å². The Hall–Kier alpha value is -2.15. The molecule has 26 heavy (non-hydrogen) atoms. The van der Waals surface area contributed by atoms with Crippen LogP contribution in [0.1, 0.15) is 68.8 Å². The van der Waals surface area contributed by atoms with Gasteiger partial charge < -0.3 is 15.4 Å². The molecule has 1 amide bonds. The molecule has 0 radical (unpaired) electrons. The van der Waals surface area contributed by atoms with Crippen molar-refractivity contribution in [2.75, 3.05) is 0 Å². The standard InChI is InChI=1S/C19H29N5O2/c1-5-13-7-8-15(20-13)17(25)21-14-9-19(26,10-14)12-24-11-16(22-23-24)18(3,4)6-2/h7-8,11,14,20,26H,5-6,9-10,12H2,1-4H3,(H,21,25). The molecule has 0 bridgehead atoms. The second-order valence-corrected chi connectivity index (χ2v) is 8.09. The second-order valence-electron chi connectivity index (χ2n) is 8.09. The van der Waals surface area contributed by atoms with E-state index in [1.807, 2.05) is 19.2 Å². The summed E-state index contributed by atoms with van der Waals surface area (Å²) in [6.45, 7) is 8.83. The van der Waals surface area contributed by atoms with Gasteiger partial charge in [0.25, 0.3) is 5.91 Å². The fraction of sp³-hybridized carbons (Fsp3) is 0.632. The first-order valence-corrected chi connectivity index (χ1v) is 9.36. The molecule has 1 aliphatic rings. The van der Waals surface area contributed by atoms with E-state index in [0.29, 0.717) is 25.1 Å². The first-order chi connectivity index (χ1) is 12.2. The number of nitrogens with zero attached hydrogens (tertiary/aromatic N) is 3. The fourth-order valence-corrected chi connectivity index (χ4v) is 3.30. The zero-order valence-corrected chi connectivity index (χ0v) is 16.0. The largest absolute Gasteiger partial charge is 0.388 e. The van der Waals surface area contributed by atoms with Crippen LogP contribution in [-0.4, -0.2) is 42.6 Å². The molecule has 0 atom stereocenters. The smallest absolute Gasteiger partial charge is 0.267 e. The lowest BCUT2D eigenvalue weighted by molar-refractivity contribution is -0.0689. The Bertz CT molecular complexity index is 770. The number of aromatic nitrogens is 4. The van der Waals surface area contributed by atoms with Crippen LogP contribution in [0.25, 0.3) is 0 Å². The van der Waals surface area contributed by atoms with Gasteiger partial charge in [-0.2, -0.15) is 0 Å². The normalized spacial score (nSPS) is 22.9. The minimum absolute atomic E-state index is 0.0176. The quantitative estimate of drug-likeness (QED) is 0.706. The molecule has 3 rings (SSSR count). The number of aromatic amines is 1. The molecular weight excluding hydrogens is 330 g/mol. The average Bonchev–Trinajstić information content (AvgIpc) is 3.22. The summed E-state index contributed by atoms with van der Waals surface area (Å²) in [6.07, 6.45) is 4.80. The third-order valence-corrected chi connectivity index (χ3v) is 5.53. The number of hydrogen-bond acceptors (Lipinski definition) is 4. The summed E-state index contributed by atoms with van der Waals surface area (Å²) in [5, 5.41) is 22.1. The van der Waals surface area contributed by atoms with Gasteiger partial charge in [-0.25, -0.2) is 4.68 Å². The van der Waals surface area contributed by atoms with Gasteiger partial charge in [-0.3, -0.25) is 4.79 Å². The summed E-state index contributed by atoms with van der Waals surface area (Å²) in [5.74, 6) is -0.121. The van der Waals surface area contributed by atoms with Gasteiger partial charge in [-0.05, 0) is 37.8 Å². The lowest BCUT2D eigenvalue weighted by Crippen LogP contribution is -2.57. The Kier molecular flexibility index (Phi) is 4.92. The van der Waals surface area contributed by atoms with Crippen molar-refractivity contribution in [3.05, 3.63) is 35.4 Å². The minimum Gasteiger partial charge on any atom is -0.388 e. The third kappa shape index (κ3) is 3.82. The molecular formula is C19H29N5O2. The maximum atomic E-state index is 12.2. The maximum absolute atomic E-state index is 12.2. The maximum Gasteiger partial charge on any atom is 0.267 e. The lowest BCUT2D eigenvalue weighted by atomic mass is 9.75. The Labute approximate surface area is 154 Å². The zero-order chi connectivity index (χ0) is 18.9. The molecule has 0 aliphatic heterocycles. The van der Waals surface area contributed by atoms with Gasteiger partial charge in [0.1, 0.15) is 5.69 Å². The van der Waals surface area contributed by atoms with Gasteiger partial charge in [0.05, 0.1) is 17.8 Å². The summed E-state index contributed by atoms with van der Waals surface area (Å²) in [5.41, 5.74) is 1.68. The van der Waals surface area contributed by atoms with Gasteiger partial charge >= 0.3 is 0 Å². The molecule has 142 valence electrons. The van der Waals surface area contributed by atoms with E-state index in [2.05, 4.69) is 41.4 Å². The SMILES string of the molecule is CCc1ccc(C(=O)NC2CC(O)(Cn3cc(C(C)(C)CC)nn3)C2)[nH]1. The van der Waals surface area contributed by atoms with Crippen LogP contribution >= 0.6 is 0 Å². The topological polar surface area (TPSA) is 95.8 Å². The Morgan fingerprint density at radius 1 is 1.42 bits per heavy atom. The van der Waals surface area contributed by atoms with Crippen molar-refractivity contribution < 1.29 is 9.90 Å². The number of aryl methyl sites for hydroxylation is 1. The predicted octanol–water partition coefficient (Wildman–Crippen LogP) is 2.18. The van der Waals surface area contributed by atoms with Crippen LogP contribution < -0.4 is 5.32 Å². The first-order valence-electron chi connectivity index (χ1n) is 9.36. The van der Waals surface area contributed by atoms with Crippen molar-refractivity contribution in [1.82, 2.24) is 25.3 Å². The molecule has 0 aromatic carbocycles. The van der Waals surface area contributed by atoms with Gasteiger partial charge in [0.15, 0.2) is 0 Å². The van der Waals surface area contributed by atoms with E-state index in [9.17, 15) is 9.90 Å². The van der Waals surface area contributed by atoms with Crippen molar-refractivity contribution in [3.63, 3.8) is 0 Å². The summed E-state index contributed by atoms with van der Waals surface area (Å²) in [4.78, 5) is 15.3. The van der Waals surface area contributed by atoms with Crippen molar-refractivity contribution in [3.8, 4) is 0 Å². The van der Waals surface area contributed by atoms with E-state index in [4.69, 9.17) is 0 Å². The molecule has 0 unspecified atom stereocenters. The highest BCUT2D eigenvalue weighted by molar-refractivity contribution is 5.92. The molecule has 0 saturated heterocycles. The third-order valence-electron chi connectivity index (χ3n) is 5.53. The molecule has 7 heteroatoms. The Balaban J connectivity index is 1.52. The fourth-order valence-electron chi connectivity index (χ4n) is 3.30. The number of H-pyrrole nitrogens is 1. The van der Waals surface area contributed by atoms with E-state index in [-0.39, 0.29) is 17.4 Å². The van der Waals surface area contributed by atoms with E-state index >= 15 is 0 Å². The van der Waals surface area contributed by atoms with Crippen LogP contribution in [-0.2, 0) is 18.4 Å². The van der Waals surface area contributed by atoms with Crippen molar-refractivity contribution in [2.24, 2.45) is 0 Å². The van der Waals surface area contributed by atoms with Gasteiger partial charge in [-0.1, -0.05) is 32.9 Å². The molecule has 3 N–H and O–H groups in total. The molecule has 1 saturated carbocycles. The Morgan fingerprint density at radius 2 is 2.15 bits per heavy atom. The van der Waals surface area contributed by atoms with Gasteiger partial charge in [0, 0.05) is 23.3 Å². The minimum atomic E-state index is -0.844. The average molecular weight is 359 g/mol. The number of amides is 1. The second kappa shape index (κ2) is 6.87. The highest BCUT2D eigenvalue weighted by atomic mass is 16.3. The summed E-state index contributed by atoms with van der Waals surface area (Å²) in [7, 11) is 0. The number of carbonyl (C=O) groups excluding carboxylic acids is 1.